The van der Waals surface area contributed by atoms with Crippen LogP contribution in [0, 0.1) is 0 Å². The number of nitrogens with one attached hydrogen (secondary N) is 1. The highest BCUT2D eigenvalue weighted by Gasteiger charge is 2.32. The topological polar surface area (TPSA) is 76.3 Å². The molecule has 2 heterocycles. The van der Waals surface area contributed by atoms with E-state index < -0.39 is 0 Å². The minimum Gasteiger partial charge on any atom is -0.326 e. The molecule has 1 atom stereocenters. The third-order valence-electron chi connectivity index (χ3n) is 6.44. The molecular weight excluding hydrogens is 460 g/mol. The standard InChI is InChI=1S/C27H26N4O3S/c1-29-22-13-12-21(16-23(22)30(2)27(29)34)28-25(33)19-8-10-20(11-9-19)26-31(24(32)17-35-26)15-14-18-6-4-3-5-7-18/h3-13,16,26H,14-15,17H2,1-2H3,(H,28,33)/t26-/m1/s1. The van der Waals surface area contributed by atoms with Gasteiger partial charge >= 0.3 is 5.69 Å². The SMILES string of the molecule is Cn1c(=O)n(C)c2cc(NC(=O)c3ccc([C@H]4SCC(=O)N4CCc4ccccc4)cc3)ccc21. The molecule has 1 fully saturated rings. The third-order valence-corrected chi connectivity index (χ3v) is 7.70. The Kier molecular flexibility index (Phi) is 6.21. The van der Waals surface area contributed by atoms with Crippen LogP contribution in [0.2, 0.25) is 0 Å². The maximum atomic E-state index is 12.9. The molecule has 0 saturated carbocycles. The van der Waals surface area contributed by atoms with Gasteiger partial charge in [-0.2, -0.15) is 0 Å². The fraction of sp³-hybridized carbons (Fsp3) is 0.222. The second-order valence-electron chi connectivity index (χ2n) is 8.67. The van der Waals surface area contributed by atoms with E-state index in [9.17, 15) is 14.4 Å². The number of benzene rings is 3. The highest BCUT2D eigenvalue weighted by atomic mass is 32.2. The van der Waals surface area contributed by atoms with E-state index in [1.165, 1.54) is 5.56 Å². The summed E-state index contributed by atoms with van der Waals surface area (Å²) in [6.07, 6.45) is 0.807. The van der Waals surface area contributed by atoms with Gasteiger partial charge in [-0.15, -0.1) is 11.8 Å². The number of hydrogen-bond acceptors (Lipinski definition) is 4. The summed E-state index contributed by atoms with van der Waals surface area (Å²) in [6.45, 7) is 0.660. The van der Waals surface area contributed by atoms with Crippen LogP contribution in [0.1, 0.15) is 26.9 Å². The molecule has 35 heavy (non-hydrogen) atoms. The van der Waals surface area contributed by atoms with Gasteiger partial charge in [0.25, 0.3) is 5.91 Å². The van der Waals surface area contributed by atoms with Gasteiger partial charge in [-0.3, -0.25) is 18.7 Å². The van der Waals surface area contributed by atoms with Gasteiger partial charge in [0.1, 0.15) is 5.37 Å². The Morgan fingerprint density at radius 1 is 0.943 bits per heavy atom. The summed E-state index contributed by atoms with van der Waals surface area (Å²) in [4.78, 5) is 39.5. The van der Waals surface area contributed by atoms with Crippen LogP contribution in [0.4, 0.5) is 5.69 Å². The Hall–Kier alpha value is -3.78. The lowest BCUT2D eigenvalue weighted by molar-refractivity contribution is -0.128. The molecule has 1 saturated heterocycles. The molecule has 0 spiro atoms. The number of aromatic nitrogens is 2. The fourth-order valence-electron chi connectivity index (χ4n) is 4.45. The summed E-state index contributed by atoms with van der Waals surface area (Å²) in [5, 5.41) is 2.87. The number of thioether (sulfide) groups is 1. The van der Waals surface area contributed by atoms with Crippen LogP contribution in [-0.2, 0) is 25.3 Å². The minimum atomic E-state index is -0.229. The summed E-state index contributed by atoms with van der Waals surface area (Å²) in [5.74, 6) is 0.378. The molecule has 1 aromatic heterocycles. The number of carbonyl (C=O) groups is 2. The summed E-state index contributed by atoms with van der Waals surface area (Å²) in [5.41, 5.74) is 4.81. The number of aryl methyl sites for hydroxylation is 2. The Morgan fingerprint density at radius 2 is 1.66 bits per heavy atom. The van der Waals surface area contributed by atoms with Crippen molar-refractivity contribution in [2.75, 3.05) is 17.6 Å². The van der Waals surface area contributed by atoms with Crippen molar-refractivity contribution in [2.24, 2.45) is 14.1 Å². The number of anilines is 1. The van der Waals surface area contributed by atoms with E-state index in [0.717, 1.165) is 23.0 Å². The molecule has 5 rings (SSSR count). The smallest absolute Gasteiger partial charge is 0.326 e. The second kappa shape index (κ2) is 9.46. The van der Waals surface area contributed by atoms with E-state index >= 15 is 0 Å². The van der Waals surface area contributed by atoms with Gasteiger partial charge in [-0.05, 0) is 47.9 Å². The third kappa shape index (κ3) is 4.49. The number of nitrogens with zero attached hydrogens (tertiary/aromatic N) is 3. The Morgan fingerprint density at radius 3 is 2.40 bits per heavy atom. The van der Waals surface area contributed by atoms with Crippen molar-refractivity contribution in [3.8, 4) is 0 Å². The van der Waals surface area contributed by atoms with Crippen molar-refractivity contribution in [2.45, 2.75) is 11.8 Å². The first-order valence-electron chi connectivity index (χ1n) is 11.4. The largest absolute Gasteiger partial charge is 0.328 e. The first-order valence-corrected chi connectivity index (χ1v) is 12.5. The zero-order valence-corrected chi connectivity index (χ0v) is 20.4. The highest BCUT2D eigenvalue weighted by Crippen LogP contribution is 2.38. The quantitative estimate of drug-likeness (QED) is 0.448. The van der Waals surface area contributed by atoms with Crippen molar-refractivity contribution < 1.29 is 9.59 Å². The van der Waals surface area contributed by atoms with Crippen LogP contribution in [0.3, 0.4) is 0 Å². The molecule has 0 radical (unpaired) electrons. The van der Waals surface area contributed by atoms with Crippen LogP contribution < -0.4 is 11.0 Å². The van der Waals surface area contributed by atoms with E-state index in [0.29, 0.717) is 23.5 Å². The lowest BCUT2D eigenvalue weighted by Crippen LogP contribution is -2.30. The van der Waals surface area contributed by atoms with Gasteiger partial charge in [0.05, 0.1) is 16.8 Å². The lowest BCUT2D eigenvalue weighted by Gasteiger charge is -2.24. The summed E-state index contributed by atoms with van der Waals surface area (Å²) < 4.78 is 3.14. The molecule has 1 aliphatic rings. The van der Waals surface area contributed by atoms with Crippen molar-refractivity contribution in [3.05, 3.63) is 100.0 Å². The van der Waals surface area contributed by atoms with E-state index in [2.05, 4.69) is 17.4 Å². The van der Waals surface area contributed by atoms with Crippen LogP contribution >= 0.6 is 11.8 Å². The number of carbonyl (C=O) groups excluding carboxylic acids is 2. The zero-order valence-electron chi connectivity index (χ0n) is 19.6. The van der Waals surface area contributed by atoms with Crippen LogP contribution in [0.25, 0.3) is 11.0 Å². The van der Waals surface area contributed by atoms with Crippen molar-refractivity contribution in [1.82, 2.24) is 14.0 Å². The minimum absolute atomic E-state index is 0.0508. The van der Waals surface area contributed by atoms with Crippen LogP contribution in [0.5, 0.6) is 0 Å². The predicted octanol–water partition coefficient (Wildman–Crippen LogP) is 3.95. The van der Waals surface area contributed by atoms with Gasteiger partial charge in [0.15, 0.2) is 0 Å². The number of fused-ring (bicyclic) bond motifs is 1. The van der Waals surface area contributed by atoms with Crippen LogP contribution in [0.15, 0.2) is 77.6 Å². The van der Waals surface area contributed by atoms with E-state index in [1.807, 2.05) is 41.3 Å². The summed E-state index contributed by atoms with van der Waals surface area (Å²) in [7, 11) is 3.44. The van der Waals surface area contributed by atoms with Crippen molar-refractivity contribution >= 4 is 40.3 Å². The van der Waals surface area contributed by atoms with Gasteiger partial charge in [0, 0.05) is 31.9 Å². The number of amides is 2. The fourth-order valence-corrected chi connectivity index (χ4v) is 5.67. The zero-order chi connectivity index (χ0) is 24.5. The second-order valence-corrected chi connectivity index (χ2v) is 9.73. The van der Waals surface area contributed by atoms with E-state index in [1.54, 1.807) is 59.3 Å². The molecule has 0 bridgehead atoms. The highest BCUT2D eigenvalue weighted by molar-refractivity contribution is 8.00. The molecule has 8 heteroatoms. The molecule has 1 N–H and O–H groups in total. The maximum absolute atomic E-state index is 12.9. The average Bonchev–Trinajstić information content (AvgIpc) is 3.35. The molecule has 7 nitrogen and oxygen atoms in total. The molecule has 4 aromatic rings. The maximum Gasteiger partial charge on any atom is 0.328 e. The van der Waals surface area contributed by atoms with Crippen molar-refractivity contribution in [1.29, 1.82) is 0 Å². The first kappa shape index (κ1) is 23.0. The molecule has 0 unspecified atom stereocenters. The molecule has 178 valence electrons. The van der Waals surface area contributed by atoms with Crippen molar-refractivity contribution in [3.63, 3.8) is 0 Å². The van der Waals surface area contributed by atoms with Crippen LogP contribution in [-0.4, -0.2) is 38.1 Å². The molecule has 2 amide bonds. The summed E-state index contributed by atoms with van der Waals surface area (Å²) in [6, 6.07) is 23.0. The van der Waals surface area contributed by atoms with Gasteiger partial charge in [0.2, 0.25) is 5.91 Å². The average molecular weight is 487 g/mol. The predicted molar refractivity (Wildman–Crippen MR) is 140 cm³/mol. The Bertz CT molecular complexity index is 1460. The number of hydrogen-bond donors (Lipinski definition) is 1. The van der Waals surface area contributed by atoms with Gasteiger partial charge in [-0.25, -0.2) is 4.79 Å². The Balaban J connectivity index is 1.28. The van der Waals surface area contributed by atoms with Gasteiger partial charge in [-0.1, -0.05) is 42.5 Å². The molecule has 0 aliphatic carbocycles. The molecule has 3 aromatic carbocycles. The first-order chi connectivity index (χ1) is 16.9. The normalized spacial score (nSPS) is 15.7. The lowest BCUT2D eigenvalue weighted by atomic mass is 10.1. The molecular formula is C27H26N4O3S. The van der Waals surface area contributed by atoms with E-state index in [4.69, 9.17) is 0 Å². The van der Waals surface area contributed by atoms with Gasteiger partial charge < -0.3 is 10.2 Å². The molecule has 1 aliphatic heterocycles. The summed E-state index contributed by atoms with van der Waals surface area (Å²) >= 11 is 1.62. The number of rotatable bonds is 6. The number of imidazole rings is 1. The Labute approximate surface area is 207 Å². The van der Waals surface area contributed by atoms with E-state index in [-0.39, 0.29) is 22.9 Å². The monoisotopic (exact) mass is 486 g/mol.